The molecule has 0 aromatic carbocycles. The van der Waals surface area contributed by atoms with Crippen LogP contribution < -0.4 is 0 Å². The van der Waals surface area contributed by atoms with Crippen molar-refractivity contribution in [1.29, 1.82) is 5.41 Å². The molecular formula is C10H11N. The van der Waals surface area contributed by atoms with Gasteiger partial charge in [-0.05, 0) is 24.6 Å². The molecule has 0 amide bonds. The van der Waals surface area contributed by atoms with Crippen LogP contribution in [0, 0.1) is 5.41 Å². The third kappa shape index (κ3) is 1.77. The van der Waals surface area contributed by atoms with Crippen LogP contribution in [0.1, 0.15) is 6.92 Å². The van der Waals surface area contributed by atoms with E-state index in [1.807, 2.05) is 25.2 Å². The lowest BCUT2D eigenvalue weighted by Gasteiger charge is -2.05. The summed E-state index contributed by atoms with van der Waals surface area (Å²) in [6.07, 6.45) is 9.25. The molecule has 1 aliphatic carbocycles. The van der Waals surface area contributed by atoms with E-state index in [9.17, 15) is 0 Å². The van der Waals surface area contributed by atoms with Crippen molar-refractivity contribution in [3.63, 3.8) is 0 Å². The smallest absolute Gasteiger partial charge is 0.0612 e. The van der Waals surface area contributed by atoms with Crippen LogP contribution in [0.3, 0.4) is 0 Å². The Hall–Kier alpha value is -1.37. The Balaban J connectivity index is 2.99. The molecule has 0 saturated heterocycles. The Bertz CT molecular complexity index is 277. The maximum absolute atomic E-state index is 7.49. The molecule has 0 unspecified atom stereocenters. The SMILES string of the molecule is C=C/C=C1/C=C(C)C=CC1=N. The van der Waals surface area contributed by atoms with Crippen LogP contribution in [-0.4, -0.2) is 5.71 Å². The topological polar surface area (TPSA) is 23.9 Å². The lowest BCUT2D eigenvalue weighted by molar-refractivity contribution is 1.43. The van der Waals surface area contributed by atoms with Crippen molar-refractivity contribution in [3.05, 3.63) is 48.1 Å². The number of allylic oxidation sites excluding steroid dienone is 7. The zero-order valence-electron chi connectivity index (χ0n) is 6.59. The fourth-order valence-electron chi connectivity index (χ4n) is 0.947. The van der Waals surface area contributed by atoms with Gasteiger partial charge >= 0.3 is 0 Å². The van der Waals surface area contributed by atoms with E-state index in [1.54, 1.807) is 12.2 Å². The number of hydrogen-bond acceptors (Lipinski definition) is 1. The summed E-state index contributed by atoms with van der Waals surface area (Å²) < 4.78 is 0. The molecule has 0 aliphatic heterocycles. The normalized spacial score (nSPS) is 20.3. The van der Waals surface area contributed by atoms with E-state index in [2.05, 4.69) is 6.58 Å². The second kappa shape index (κ2) is 3.15. The molecular weight excluding hydrogens is 134 g/mol. The second-order valence-corrected chi connectivity index (χ2v) is 2.49. The Morgan fingerprint density at radius 3 is 2.82 bits per heavy atom. The third-order valence-corrected chi connectivity index (χ3v) is 1.50. The van der Waals surface area contributed by atoms with Crippen molar-refractivity contribution in [3.8, 4) is 0 Å². The van der Waals surface area contributed by atoms with E-state index >= 15 is 0 Å². The van der Waals surface area contributed by atoms with Crippen molar-refractivity contribution in [2.24, 2.45) is 0 Å². The van der Waals surface area contributed by atoms with E-state index in [1.165, 1.54) is 5.57 Å². The lowest BCUT2D eigenvalue weighted by Crippen LogP contribution is -1.98. The van der Waals surface area contributed by atoms with E-state index in [-0.39, 0.29) is 0 Å². The van der Waals surface area contributed by atoms with Gasteiger partial charge in [-0.15, -0.1) is 0 Å². The minimum Gasteiger partial charge on any atom is -0.300 e. The molecule has 1 nitrogen and oxygen atoms in total. The van der Waals surface area contributed by atoms with Crippen molar-refractivity contribution >= 4 is 5.71 Å². The molecule has 0 spiro atoms. The fraction of sp³-hybridized carbons (Fsp3) is 0.100. The first-order chi connectivity index (χ1) is 5.24. The van der Waals surface area contributed by atoms with E-state index < -0.39 is 0 Å². The standard InChI is InChI=1S/C10H11N/c1-3-4-9-7-8(2)5-6-10(9)11/h3-7,11H,1H2,2H3/b9-4-,11-10?. The molecule has 0 fully saturated rings. The highest BCUT2D eigenvalue weighted by Crippen LogP contribution is 2.12. The number of nitrogens with one attached hydrogen (secondary N) is 1. The molecule has 56 valence electrons. The monoisotopic (exact) mass is 145 g/mol. The number of rotatable bonds is 1. The first-order valence-electron chi connectivity index (χ1n) is 3.52. The van der Waals surface area contributed by atoms with Gasteiger partial charge in [0.15, 0.2) is 0 Å². The molecule has 0 atom stereocenters. The molecule has 1 rings (SSSR count). The van der Waals surface area contributed by atoms with Gasteiger partial charge in [-0.3, -0.25) is 0 Å². The predicted molar refractivity (Wildman–Crippen MR) is 48.9 cm³/mol. The minimum atomic E-state index is 0.551. The van der Waals surface area contributed by atoms with E-state index in [0.29, 0.717) is 5.71 Å². The van der Waals surface area contributed by atoms with E-state index in [0.717, 1.165) is 5.57 Å². The van der Waals surface area contributed by atoms with Gasteiger partial charge in [-0.2, -0.15) is 0 Å². The lowest BCUT2D eigenvalue weighted by atomic mass is 10.0. The summed E-state index contributed by atoms with van der Waals surface area (Å²) in [5, 5.41) is 7.49. The molecule has 0 heterocycles. The maximum atomic E-state index is 7.49. The van der Waals surface area contributed by atoms with Gasteiger partial charge < -0.3 is 5.41 Å². The second-order valence-electron chi connectivity index (χ2n) is 2.49. The summed E-state index contributed by atoms with van der Waals surface area (Å²) in [5.41, 5.74) is 2.66. The summed E-state index contributed by atoms with van der Waals surface area (Å²) in [6, 6.07) is 0. The molecule has 0 aromatic heterocycles. The van der Waals surface area contributed by atoms with Crippen molar-refractivity contribution < 1.29 is 0 Å². The fourth-order valence-corrected chi connectivity index (χ4v) is 0.947. The summed E-state index contributed by atoms with van der Waals surface area (Å²) in [6.45, 7) is 5.60. The van der Waals surface area contributed by atoms with Gasteiger partial charge in [-0.1, -0.05) is 30.4 Å². The van der Waals surface area contributed by atoms with Gasteiger partial charge in [0.25, 0.3) is 0 Å². The highest BCUT2D eigenvalue weighted by molar-refractivity contribution is 6.09. The predicted octanol–water partition coefficient (Wildman–Crippen LogP) is 2.63. The molecule has 1 aliphatic rings. The van der Waals surface area contributed by atoms with Crippen LogP contribution in [-0.2, 0) is 0 Å². The van der Waals surface area contributed by atoms with Crippen molar-refractivity contribution in [2.75, 3.05) is 0 Å². The Labute approximate surface area is 66.9 Å². The maximum Gasteiger partial charge on any atom is 0.0612 e. The summed E-state index contributed by atoms with van der Waals surface area (Å²) >= 11 is 0. The third-order valence-electron chi connectivity index (χ3n) is 1.50. The first kappa shape index (κ1) is 7.73. The Kier molecular flexibility index (Phi) is 2.21. The molecule has 0 saturated carbocycles. The summed E-state index contributed by atoms with van der Waals surface area (Å²) in [4.78, 5) is 0. The average molecular weight is 145 g/mol. The van der Waals surface area contributed by atoms with Crippen LogP contribution in [0.15, 0.2) is 48.1 Å². The Morgan fingerprint density at radius 2 is 2.18 bits per heavy atom. The zero-order chi connectivity index (χ0) is 8.27. The highest BCUT2D eigenvalue weighted by Gasteiger charge is 2.01. The first-order valence-corrected chi connectivity index (χ1v) is 3.52. The number of hydrogen-bond donors (Lipinski definition) is 1. The highest BCUT2D eigenvalue weighted by atomic mass is 14.4. The van der Waals surface area contributed by atoms with Gasteiger partial charge in [0.05, 0.1) is 5.71 Å². The molecule has 0 bridgehead atoms. The van der Waals surface area contributed by atoms with Crippen LogP contribution in [0.5, 0.6) is 0 Å². The van der Waals surface area contributed by atoms with Gasteiger partial charge in [0.1, 0.15) is 0 Å². The van der Waals surface area contributed by atoms with Crippen LogP contribution in [0.2, 0.25) is 0 Å². The van der Waals surface area contributed by atoms with Gasteiger partial charge in [-0.25, -0.2) is 0 Å². The molecule has 0 aromatic rings. The average Bonchev–Trinajstić information content (AvgIpc) is 1.98. The van der Waals surface area contributed by atoms with E-state index in [4.69, 9.17) is 5.41 Å². The summed E-state index contributed by atoms with van der Waals surface area (Å²) in [5.74, 6) is 0. The van der Waals surface area contributed by atoms with Crippen molar-refractivity contribution in [1.82, 2.24) is 0 Å². The van der Waals surface area contributed by atoms with Gasteiger partial charge in [0.2, 0.25) is 0 Å². The quantitative estimate of drug-likeness (QED) is 0.586. The zero-order valence-corrected chi connectivity index (χ0v) is 6.59. The largest absolute Gasteiger partial charge is 0.300 e. The van der Waals surface area contributed by atoms with Crippen LogP contribution in [0.25, 0.3) is 0 Å². The molecule has 11 heavy (non-hydrogen) atoms. The van der Waals surface area contributed by atoms with Gasteiger partial charge in [0, 0.05) is 0 Å². The molecule has 0 radical (unpaired) electrons. The summed E-state index contributed by atoms with van der Waals surface area (Å²) in [7, 11) is 0. The van der Waals surface area contributed by atoms with Crippen LogP contribution >= 0.6 is 0 Å². The molecule has 1 heteroatoms. The van der Waals surface area contributed by atoms with Crippen molar-refractivity contribution in [2.45, 2.75) is 6.92 Å². The minimum absolute atomic E-state index is 0.551. The Morgan fingerprint density at radius 1 is 1.45 bits per heavy atom. The molecule has 1 N–H and O–H groups in total. The van der Waals surface area contributed by atoms with Crippen LogP contribution in [0.4, 0.5) is 0 Å².